The molecule has 55 heavy (non-hydrogen) atoms. The van der Waals surface area contributed by atoms with Crippen molar-refractivity contribution < 1.29 is 27.9 Å². The number of aliphatic hydroxyl groups excluding tert-OH is 1. The highest BCUT2D eigenvalue weighted by atomic mass is 35.5. The van der Waals surface area contributed by atoms with Gasteiger partial charge in [0, 0.05) is 92.9 Å². The van der Waals surface area contributed by atoms with Gasteiger partial charge in [0.25, 0.3) is 0 Å². The summed E-state index contributed by atoms with van der Waals surface area (Å²) in [5.74, 6) is 0.154. The van der Waals surface area contributed by atoms with Crippen LogP contribution >= 0.6 is 23.5 Å². The fourth-order valence-electron chi connectivity index (χ4n) is 7.89. The lowest BCUT2D eigenvalue weighted by Gasteiger charge is -2.42. The van der Waals surface area contributed by atoms with Crippen molar-refractivity contribution in [3.63, 3.8) is 0 Å². The van der Waals surface area contributed by atoms with E-state index in [1.807, 2.05) is 37.3 Å². The van der Waals surface area contributed by atoms with Crippen LogP contribution in [0.3, 0.4) is 0 Å². The highest BCUT2D eigenvalue weighted by Crippen LogP contribution is 2.38. The van der Waals surface area contributed by atoms with E-state index in [9.17, 15) is 22.8 Å². The summed E-state index contributed by atoms with van der Waals surface area (Å²) < 4.78 is 45.1. The maximum atomic E-state index is 13.8. The fourth-order valence-corrected chi connectivity index (χ4v) is 9.06. The number of alkyl halides is 3. The van der Waals surface area contributed by atoms with Crippen molar-refractivity contribution in [2.24, 2.45) is 11.8 Å². The van der Waals surface area contributed by atoms with Crippen LogP contribution in [0.2, 0.25) is 5.02 Å². The Labute approximate surface area is 329 Å². The Balaban J connectivity index is 0.00000253. The average molecular weight is 803 g/mol. The molecule has 11 nitrogen and oxygen atoms in total. The number of aromatic nitrogens is 2. The summed E-state index contributed by atoms with van der Waals surface area (Å²) in [7, 11) is 1.00. The van der Waals surface area contributed by atoms with Gasteiger partial charge in [0.2, 0.25) is 17.8 Å². The number of nitrogens with one attached hydrogen (secondary N) is 3. The number of carbonyl (C=O) groups excluding carboxylic acids is 2. The zero-order chi connectivity index (χ0) is 39.3. The molecule has 3 saturated heterocycles. The number of amides is 2. The minimum atomic E-state index is -4.53. The number of benzene rings is 2. The molecule has 2 unspecified atom stereocenters. The van der Waals surface area contributed by atoms with Crippen molar-refractivity contribution in [1.82, 2.24) is 24.9 Å². The number of rotatable bonds is 10. The lowest BCUT2D eigenvalue weighted by atomic mass is 9.80. The normalized spacial score (nSPS) is 23.4. The molecule has 3 aliphatic heterocycles. The Morgan fingerprint density at radius 1 is 1.02 bits per heavy atom. The molecule has 1 aromatic heterocycles. The van der Waals surface area contributed by atoms with E-state index in [2.05, 4.69) is 48.1 Å². The van der Waals surface area contributed by atoms with Gasteiger partial charge in [0.05, 0.1) is 5.92 Å². The van der Waals surface area contributed by atoms with Gasteiger partial charge in [-0.05, 0) is 104 Å². The molecule has 298 valence electrons. The van der Waals surface area contributed by atoms with Crippen molar-refractivity contribution in [1.29, 1.82) is 0 Å². The molecular weight excluding hydrogens is 753 g/mol. The number of nitrogens with zero attached hydrogens (tertiary/aromatic N) is 5. The largest absolute Gasteiger partial charge is 0.421 e. The van der Waals surface area contributed by atoms with E-state index in [-0.39, 0.29) is 29.5 Å². The summed E-state index contributed by atoms with van der Waals surface area (Å²) in [6.07, 6.45) is 1.24. The second kappa shape index (κ2) is 18.1. The molecule has 1 saturated carbocycles. The molecule has 0 bridgehead atoms. The van der Waals surface area contributed by atoms with Gasteiger partial charge in [-0.2, -0.15) is 18.2 Å². The summed E-state index contributed by atoms with van der Waals surface area (Å²) >= 11 is 8.24. The monoisotopic (exact) mass is 802 g/mol. The smallest absolute Gasteiger partial charge is 0.400 e. The van der Waals surface area contributed by atoms with E-state index < -0.39 is 11.7 Å². The lowest BCUT2D eigenvalue weighted by Crippen LogP contribution is -2.50. The van der Waals surface area contributed by atoms with Crippen LogP contribution in [-0.4, -0.2) is 90.8 Å². The number of piperazine rings is 1. The number of anilines is 4. The van der Waals surface area contributed by atoms with Gasteiger partial charge >= 0.3 is 6.18 Å². The molecule has 4 heterocycles. The van der Waals surface area contributed by atoms with Crippen LogP contribution in [-0.2, 0) is 15.8 Å². The molecule has 3 aromatic rings. The molecule has 2 amide bonds. The maximum Gasteiger partial charge on any atom is 0.421 e. The van der Waals surface area contributed by atoms with Crippen LogP contribution in [0.1, 0.15) is 68.1 Å². The summed E-state index contributed by atoms with van der Waals surface area (Å²) in [6.45, 7) is 9.96. The predicted octanol–water partition coefficient (Wildman–Crippen LogP) is 6.76. The molecule has 0 radical (unpaired) electrons. The van der Waals surface area contributed by atoms with E-state index in [4.69, 9.17) is 16.7 Å². The van der Waals surface area contributed by atoms with E-state index >= 15 is 0 Å². The van der Waals surface area contributed by atoms with Crippen LogP contribution in [0.5, 0.6) is 0 Å². The maximum absolute atomic E-state index is 13.8. The van der Waals surface area contributed by atoms with Crippen LogP contribution in [0.25, 0.3) is 0 Å². The zero-order valence-electron chi connectivity index (χ0n) is 31.5. The third-order valence-electron chi connectivity index (χ3n) is 10.9. The molecule has 4 N–H and O–H groups in total. The Hall–Kier alpha value is -3.63. The highest BCUT2D eigenvalue weighted by molar-refractivity contribution is 7.97. The van der Waals surface area contributed by atoms with Crippen LogP contribution in [0.4, 0.5) is 36.3 Å². The van der Waals surface area contributed by atoms with Gasteiger partial charge in [-0.1, -0.05) is 24.6 Å². The number of imide groups is 1. The van der Waals surface area contributed by atoms with E-state index in [0.29, 0.717) is 48.8 Å². The minimum absolute atomic E-state index is 0.0577. The van der Waals surface area contributed by atoms with Crippen molar-refractivity contribution in [3.8, 4) is 0 Å². The summed E-state index contributed by atoms with van der Waals surface area (Å²) in [5, 5.41) is 13.1. The Morgan fingerprint density at radius 2 is 1.78 bits per heavy atom. The summed E-state index contributed by atoms with van der Waals surface area (Å²) in [6, 6.07) is 12.3. The molecule has 2 atom stereocenters. The molecule has 1 aliphatic carbocycles. The van der Waals surface area contributed by atoms with Crippen molar-refractivity contribution in [2.75, 3.05) is 68.0 Å². The van der Waals surface area contributed by atoms with E-state index in [1.54, 1.807) is 16.8 Å². The average Bonchev–Trinajstić information content (AvgIpc) is 3.14. The Kier molecular flexibility index (Phi) is 13.5. The fraction of sp³-hybridized carbons (Fsp3) is 0.538. The summed E-state index contributed by atoms with van der Waals surface area (Å²) in [4.78, 5) is 39.9. The first-order valence-electron chi connectivity index (χ1n) is 18.9. The zero-order valence-corrected chi connectivity index (χ0v) is 33.0. The van der Waals surface area contributed by atoms with Gasteiger partial charge in [-0.25, -0.2) is 4.98 Å². The highest BCUT2D eigenvalue weighted by Gasteiger charge is 2.38. The van der Waals surface area contributed by atoms with Crippen LogP contribution in [0, 0.1) is 18.8 Å². The first kappa shape index (κ1) is 41.0. The van der Waals surface area contributed by atoms with Gasteiger partial charge < -0.3 is 20.2 Å². The number of aryl methyl sites for hydroxylation is 1. The van der Waals surface area contributed by atoms with Gasteiger partial charge in [0.15, 0.2) is 0 Å². The molecule has 4 fully saturated rings. The van der Waals surface area contributed by atoms with Crippen molar-refractivity contribution in [2.45, 2.75) is 75.4 Å². The number of carbonyl (C=O) groups is 2. The molecule has 16 heteroatoms. The van der Waals surface area contributed by atoms with Gasteiger partial charge in [-0.3, -0.25) is 24.5 Å². The Morgan fingerprint density at radius 3 is 2.45 bits per heavy atom. The second-order valence-corrected chi connectivity index (χ2v) is 16.3. The molecule has 7 rings (SSSR count). The quantitative estimate of drug-likeness (QED) is 0.128. The first-order valence-corrected chi connectivity index (χ1v) is 20.1. The van der Waals surface area contributed by atoms with Crippen molar-refractivity contribution in [3.05, 3.63) is 64.3 Å². The molecule has 0 spiro atoms. The number of hydrogen-bond acceptors (Lipinski definition) is 11. The molecular formula is C39H50ClF3N8O3S. The number of piperidine rings is 2. The first-order chi connectivity index (χ1) is 26.4. The van der Waals surface area contributed by atoms with E-state index in [0.717, 1.165) is 99.1 Å². The van der Waals surface area contributed by atoms with Crippen LogP contribution in [0.15, 0.2) is 47.5 Å². The van der Waals surface area contributed by atoms with Gasteiger partial charge in [-0.15, -0.1) is 0 Å². The van der Waals surface area contributed by atoms with E-state index in [1.165, 1.54) is 0 Å². The third-order valence-corrected chi connectivity index (χ3v) is 12.2. The lowest BCUT2D eigenvalue weighted by molar-refractivity contribution is -0.138. The number of aliphatic hydroxyl groups is 1. The SMILES string of the molecule is CO.Cc1cc(SNC2CC(CN3CCN(c4ccc(C5CCC(=O)NC5=O)c(Cl)c4)CC3)C2)ccc1Nc1ncc(C(F)(F)F)c(N2CCCC(C)C2)n1. The standard InChI is InChI=1S/C38H46ClF3N8O2S.CH4O/c1-23-4-3-11-50(21-23)35-31(38(40,41)42)20-43-37(46-35)44-33-9-6-28(16-24(33)2)53-47-26-17-25(18-26)22-48-12-14-49(15-13-48)27-5-7-29(32(39)19-27)30-8-10-34(51)45-36(30)52;1-2/h5-7,9,16,19-20,23,25-26,30,47H,3-4,8,10-15,17-18,21-22H2,1-2H3,(H,43,44,46)(H,45,51,52);2H,1H3. The number of hydrogen-bond donors (Lipinski definition) is 4. The summed E-state index contributed by atoms with van der Waals surface area (Å²) in [5.41, 5.74) is 2.73. The third kappa shape index (κ3) is 10.2. The topological polar surface area (TPSA) is 126 Å². The van der Waals surface area contributed by atoms with Gasteiger partial charge in [0.1, 0.15) is 11.4 Å². The van der Waals surface area contributed by atoms with Crippen LogP contribution < -0.4 is 25.2 Å². The second-order valence-electron chi connectivity index (χ2n) is 15.0. The van der Waals surface area contributed by atoms with Crippen molar-refractivity contribution >= 4 is 58.5 Å². The minimum Gasteiger partial charge on any atom is -0.400 e. The Bertz CT molecular complexity index is 1820. The predicted molar refractivity (Wildman–Crippen MR) is 211 cm³/mol. The molecule has 4 aliphatic rings. The molecule has 2 aromatic carbocycles. The number of halogens is 4.